The Hall–Kier alpha value is -6.90. The standard InChI is InChI=1S/C52H37NO/c1-2-9-36(10-3-1)39-23-29-45(30-24-39)53(47-33-27-42(28-34-47)48-14-8-15-50-49-13-6-7-16-51(49)54-52(48)50)46-31-25-40(26-32-46)38-17-19-41(20-18-38)44-22-21-37-11-4-5-12-43(37)35-44/h1-27,29-35,42H,28H2. The highest BCUT2D eigenvalue weighted by molar-refractivity contribution is 6.06. The Labute approximate surface area is 315 Å². The molecular formula is C52H37NO. The van der Waals surface area contributed by atoms with Crippen molar-refractivity contribution in [2.75, 3.05) is 4.90 Å². The van der Waals surface area contributed by atoms with E-state index in [9.17, 15) is 0 Å². The third-order valence-electron chi connectivity index (χ3n) is 10.8. The first-order valence-electron chi connectivity index (χ1n) is 18.7. The number of rotatable bonds is 7. The Morgan fingerprint density at radius 2 is 1.00 bits per heavy atom. The van der Waals surface area contributed by atoms with Gasteiger partial charge in [-0.05, 0) is 93.0 Å². The van der Waals surface area contributed by atoms with E-state index in [1.807, 2.05) is 6.07 Å². The van der Waals surface area contributed by atoms with Crippen molar-refractivity contribution < 1.29 is 4.42 Å². The fourth-order valence-electron chi connectivity index (χ4n) is 7.97. The van der Waals surface area contributed by atoms with E-state index in [-0.39, 0.29) is 5.92 Å². The minimum atomic E-state index is 0.222. The summed E-state index contributed by atoms with van der Waals surface area (Å²) in [7, 11) is 0. The molecule has 0 bridgehead atoms. The normalized spacial score (nSPS) is 14.1. The van der Waals surface area contributed by atoms with Crippen molar-refractivity contribution >= 4 is 44.1 Å². The summed E-state index contributed by atoms with van der Waals surface area (Å²) in [6, 6.07) is 67.4. The van der Waals surface area contributed by atoms with E-state index in [0.717, 1.165) is 34.7 Å². The molecule has 256 valence electrons. The average molecular weight is 692 g/mol. The molecule has 9 aromatic rings. The third kappa shape index (κ3) is 5.88. The highest BCUT2D eigenvalue weighted by Crippen LogP contribution is 2.40. The maximum Gasteiger partial charge on any atom is 0.139 e. The van der Waals surface area contributed by atoms with Crippen LogP contribution in [0.1, 0.15) is 17.9 Å². The van der Waals surface area contributed by atoms with Crippen LogP contribution in [0.2, 0.25) is 0 Å². The van der Waals surface area contributed by atoms with Gasteiger partial charge in [0.2, 0.25) is 0 Å². The molecule has 10 rings (SSSR count). The number of anilines is 2. The zero-order valence-corrected chi connectivity index (χ0v) is 29.8. The number of hydrogen-bond acceptors (Lipinski definition) is 2. The number of furan rings is 1. The minimum Gasteiger partial charge on any atom is -0.456 e. The molecule has 1 aliphatic rings. The Morgan fingerprint density at radius 3 is 1.69 bits per heavy atom. The second-order valence-electron chi connectivity index (χ2n) is 14.1. The maximum atomic E-state index is 6.42. The summed E-state index contributed by atoms with van der Waals surface area (Å²) in [5.41, 5.74) is 13.8. The molecule has 0 saturated carbocycles. The third-order valence-corrected chi connectivity index (χ3v) is 10.8. The fourth-order valence-corrected chi connectivity index (χ4v) is 7.97. The van der Waals surface area contributed by atoms with Gasteiger partial charge in [-0.1, -0.05) is 164 Å². The van der Waals surface area contributed by atoms with E-state index in [4.69, 9.17) is 4.42 Å². The molecule has 1 heterocycles. The number of allylic oxidation sites excluding steroid dienone is 3. The van der Waals surface area contributed by atoms with Gasteiger partial charge in [0.1, 0.15) is 11.2 Å². The van der Waals surface area contributed by atoms with Gasteiger partial charge in [-0.15, -0.1) is 0 Å². The summed E-state index contributed by atoms with van der Waals surface area (Å²) in [6.07, 6.45) is 7.87. The first kappa shape index (κ1) is 31.8. The smallest absolute Gasteiger partial charge is 0.139 e. The van der Waals surface area contributed by atoms with Gasteiger partial charge >= 0.3 is 0 Å². The van der Waals surface area contributed by atoms with Gasteiger partial charge in [0.05, 0.1) is 0 Å². The summed E-state index contributed by atoms with van der Waals surface area (Å²) in [4.78, 5) is 2.37. The van der Waals surface area contributed by atoms with Gasteiger partial charge in [-0.2, -0.15) is 0 Å². The summed E-state index contributed by atoms with van der Waals surface area (Å²) >= 11 is 0. The van der Waals surface area contributed by atoms with Gasteiger partial charge in [-0.25, -0.2) is 0 Å². The lowest BCUT2D eigenvalue weighted by Crippen LogP contribution is -2.17. The Morgan fingerprint density at radius 1 is 0.444 bits per heavy atom. The van der Waals surface area contributed by atoms with Crippen LogP contribution in [0.5, 0.6) is 0 Å². The molecule has 0 saturated heterocycles. The van der Waals surface area contributed by atoms with Crippen LogP contribution in [-0.4, -0.2) is 0 Å². The molecule has 0 amide bonds. The van der Waals surface area contributed by atoms with Crippen LogP contribution in [0.15, 0.2) is 216 Å². The zero-order valence-electron chi connectivity index (χ0n) is 29.8. The molecule has 1 atom stereocenters. The first-order chi connectivity index (χ1) is 26.7. The van der Waals surface area contributed by atoms with Gasteiger partial charge in [0.15, 0.2) is 0 Å². The average Bonchev–Trinajstić information content (AvgIpc) is 3.64. The van der Waals surface area contributed by atoms with Crippen molar-refractivity contribution in [2.45, 2.75) is 12.3 Å². The molecule has 0 spiro atoms. The zero-order chi connectivity index (χ0) is 35.8. The van der Waals surface area contributed by atoms with Crippen LogP contribution in [0.4, 0.5) is 11.4 Å². The molecule has 1 aromatic heterocycles. The Kier molecular flexibility index (Phi) is 8.00. The predicted octanol–water partition coefficient (Wildman–Crippen LogP) is 14.5. The van der Waals surface area contributed by atoms with Crippen LogP contribution in [-0.2, 0) is 0 Å². The van der Waals surface area contributed by atoms with E-state index < -0.39 is 0 Å². The molecule has 0 radical (unpaired) electrons. The van der Waals surface area contributed by atoms with Crippen LogP contribution < -0.4 is 4.90 Å². The molecule has 8 aromatic carbocycles. The second kappa shape index (κ2) is 13.6. The molecule has 2 heteroatoms. The topological polar surface area (TPSA) is 16.4 Å². The molecular weight excluding hydrogens is 655 g/mol. The lowest BCUT2D eigenvalue weighted by molar-refractivity contribution is 0.657. The number of para-hydroxylation sites is 2. The second-order valence-corrected chi connectivity index (χ2v) is 14.1. The highest BCUT2D eigenvalue weighted by atomic mass is 16.3. The summed E-state index contributed by atoms with van der Waals surface area (Å²) in [5.74, 6) is 0.222. The maximum absolute atomic E-state index is 6.42. The van der Waals surface area contributed by atoms with Crippen molar-refractivity contribution in [3.05, 3.63) is 218 Å². The molecule has 0 N–H and O–H groups in total. The van der Waals surface area contributed by atoms with Crippen LogP contribution >= 0.6 is 0 Å². The SMILES string of the molecule is C1=CC(c2cccc3c2oc2ccccc23)CC=C1N(c1ccc(-c2ccccc2)cc1)c1ccc(-c2ccc(-c3ccc4ccccc4c3)cc2)cc1. The van der Waals surface area contributed by atoms with Crippen LogP contribution in [0.3, 0.4) is 0 Å². The Bertz CT molecular complexity index is 2820. The number of hydrogen-bond donors (Lipinski definition) is 0. The van der Waals surface area contributed by atoms with E-state index in [2.05, 4.69) is 205 Å². The van der Waals surface area contributed by atoms with Gasteiger partial charge in [-0.3, -0.25) is 0 Å². The van der Waals surface area contributed by atoms with Crippen molar-refractivity contribution in [2.24, 2.45) is 0 Å². The lowest BCUT2D eigenvalue weighted by atomic mass is 9.90. The van der Waals surface area contributed by atoms with Crippen molar-refractivity contribution in [1.82, 2.24) is 0 Å². The van der Waals surface area contributed by atoms with Gasteiger partial charge < -0.3 is 9.32 Å². The molecule has 0 aliphatic heterocycles. The molecule has 1 unspecified atom stereocenters. The monoisotopic (exact) mass is 691 g/mol. The lowest BCUT2D eigenvalue weighted by Gasteiger charge is -2.29. The molecule has 1 aliphatic carbocycles. The first-order valence-corrected chi connectivity index (χ1v) is 18.7. The number of nitrogens with zero attached hydrogens (tertiary/aromatic N) is 1. The fraction of sp³-hybridized carbons (Fsp3) is 0.0385. The largest absolute Gasteiger partial charge is 0.456 e. The van der Waals surface area contributed by atoms with Crippen molar-refractivity contribution in [3.63, 3.8) is 0 Å². The summed E-state index contributed by atoms with van der Waals surface area (Å²) < 4.78 is 6.42. The predicted molar refractivity (Wildman–Crippen MR) is 227 cm³/mol. The van der Waals surface area contributed by atoms with Crippen LogP contribution in [0, 0.1) is 0 Å². The quantitative estimate of drug-likeness (QED) is 0.165. The minimum absolute atomic E-state index is 0.222. The van der Waals surface area contributed by atoms with Crippen molar-refractivity contribution in [3.8, 4) is 33.4 Å². The molecule has 2 nitrogen and oxygen atoms in total. The highest BCUT2D eigenvalue weighted by Gasteiger charge is 2.21. The van der Waals surface area contributed by atoms with E-state index in [1.54, 1.807) is 0 Å². The van der Waals surface area contributed by atoms with E-state index in [1.165, 1.54) is 60.5 Å². The van der Waals surface area contributed by atoms with E-state index >= 15 is 0 Å². The van der Waals surface area contributed by atoms with Gasteiger partial charge in [0.25, 0.3) is 0 Å². The van der Waals surface area contributed by atoms with Gasteiger partial charge in [0, 0.05) is 39.3 Å². The summed E-state index contributed by atoms with van der Waals surface area (Å²) in [5, 5.41) is 4.87. The summed E-state index contributed by atoms with van der Waals surface area (Å²) in [6.45, 7) is 0. The number of fused-ring (bicyclic) bond motifs is 4. The molecule has 54 heavy (non-hydrogen) atoms. The van der Waals surface area contributed by atoms with Crippen LogP contribution in [0.25, 0.3) is 66.1 Å². The number of benzene rings is 8. The van der Waals surface area contributed by atoms with E-state index in [0.29, 0.717) is 0 Å². The molecule has 0 fully saturated rings. The Balaban J connectivity index is 0.960. The van der Waals surface area contributed by atoms with Crippen molar-refractivity contribution in [1.29, 1.82) is 0 Å².